The maximum atomic E-state index is 12.2. The Morgan fingerprint density at radius 3 is 2.94 bits per heavy atom. The number of aliphatic carboxylic acids is 1. The Balaban J connectivity index is 2.17. The van der Waals surface area contributed by atoms with Gasteiger partial charge in [-0.1, -0.05) is 0 Å². The highest BCUT2D eigenvalue weighted by atomic mass is 32.1. The lowest BCUT2D eigenvalue weighted by atomic mass is 10.2. The molecule has 0 saturated carbocycles. The molecule has 1 aromatic rings. The van der Waals surface area contributed by atoms with Crippen molar-refractivity contribution < 1.29 is 14.7 Å². The van der Waals surface area contributed by atoms with Crippen molar-refractivity contribution in [2.24, 2.45) is 5.73 Å². The molecule has 0 radical (unpaired) electrons. The fourth-order valence-corrected chi connectivity index (χ4v) is 2.76. The minimum absolute atomic E-state index is 0.217. The molecule has 1 aliphatic heterocycles. The number of amides is 1. The first-order valence-electron chi connectivity index (χ1n) is 5.75. The van der Waals surface area contributed by atoms with Crippen LogP contribution >= 0.6 is 11.3 Å². The Morgan fingerprint density at radius 1 is 1.67 bits per heavy atom. The number of hydrogen-bond acceptors (Lipinski definition) is 5. The zero-order valence-electron chi connectivity index (χ0n) is 10.00. The van der Waals surface area contributed by atoms with E-state index in [-0.39, 0.29) is 11.9 Å². The van der Waals surface area contributed by atoms with Gasteiger partial charge in [0.1, 0.15) is 16.7 Å². The van der Waals surface area contributed by atoms with Crippen molar-refractivity contribution in [2.45, 2.75) is 31.8 Å². The Morgan fingerprint density at radius 2 is 2.39 bits per heavy atom. The number of carboxylic acid groups (broad SMARTS) is 1. The largest absolute Gasteiger partial charge is 0.480 e. The van der Waals surface area contributed by atoms with Crippen molar-refractivity contribution in [3.8, 4) is 0 Å². The zero-order chi connectivity index (χ0) is 13.3. The number of carboxylic acids is 1. The van der Waals surface area contributed by atoms with Crippen molar-refractivity contribution in [1.29, 1.82) is 0 Å². The zero-order valence-corrected chi connectivity index (χ0v) is 10.8. The topological polar surface area (TPSA) is 96.5 Å². The molecule has 2 unspecified atom stereocenters. The number of hydrogen-bond donors (Lipinski definition) is 2. The molecular formula is C11H15N3O3S. The van der Waals surface area contributed by atoms with Gasteiger partial charge in [0.15, 0.2) is 0 Å². The molecule has 2 atom stereocenters. The lowest BCUT2D eigenvalue weighted by Gasteiger charge is -2.20. The molecule has 0 aromatic carbocycles. The van der Waals surface area contributed by atoms with Gasteiger partial charge in [-0.25, -0.2) is 9.78 Å². The molecule has 1 aliphatic rings. The molecule has 7 heteroatoms. The third kappa shape index (κ3) is 2.37. The van der Waals surface area contributed by atoms with Crippen LogP contribution in [0.1, 0.15) is 41.3 Å². The fraction of sp³-hybridized carbons (Fsp3) is 0.545. The van der Waals surface area contributed by atoms with Gasteiger partial charge in [0.05, 0.1) is 6.04 Å². The van der Waals surface area contributed by atoms with Crippen molar-refractivity contribution >= 4 is 23.2 Å². The normalized spacial score (nSPS) is 21.0. The van der Waals surface area contributed by atoms with Crippen molar-refractivity contribution in [3.63, 3.8) is 0 Å². The van der Waals surface area contributed by atoms with Gasteiger partial charge in [0.25, 0.3) is 5.91 Å². The highest BCUT2D eigenvalue weighted by Gasteiger charge is 2.35. The van der Waals surface area contributed by atoms with Gasteiger partial charge in [-0.2, -0.15) is 0 Å². The first kappa shape index (κ1) is 13.0. The molecule has 2 rings (SSSR count). The monoisotopic (exact) mass is 269 g/mol. The molecule has 98 valence electrons. The van der Waals surface area contributed by atoms with Crippen LogP contribution in [0.3, 0.4) is 0 Å². The first-order valence-corrected chi connectivity index (χ1v) is 6.63. The van der Waals surface area contributed by atoms with Gasteiger partial charge in [-0.15, -0.1) is 11.3 Å². The number of nitrogens with zero attached hydrogens (tertiary/aromatic N) is 2. The highest BCUT2D eigenvalue weighted by molar-refractivity contribution is 7.09. The number of carbonyl (C=O) groups excluding carboxylic acids is 1. The number of likely N-dealkylation sites (tertiary alicyclic amines) is 1. The third-order valence-electron chi connectivity index (χ3n) is 2.93. The van der Waals surface area contributed by atoms with E-state index < -0.39 is 12.0 Å². The summed E-state index contributed by atoms with van der Waals surface area (Å²) in [6.45, 7) is 2.27. The van der Waals surface area contributed by atoms with Gasteiger partial charge in [0, 0.05) is 11.9 Å². The van der Waals surface area contributed by atoms with E-state index in [1.807, 2.05) is 0 Å². The Bertz CT molecular complexity index is 472. The molecule has 1 amide bonds. The molecule has 0 spiro atoms. The lowest BCUT2D eigenvalue weighted by molar-refractivity contribution is -0.141. The SMILES string of the molecule is CC(N)c1nc(C(=O)N2CCCC2C(=O)O)cs1. The minimum Gasteiger partial charge on any atom is -0.480 e. The van der Waals surface area contributed by atoms with Crippen molar-refractivity contribution in [1.82, 2.24) is 9.88 Å². The molecule has 3 N–H and O–H groups in total. The average molecular weight is 269 g/mol. The molecule has 0 bridgehead atoms. The van der Waals surface area contributed by atoms with Crippen molar-refractivity contribution in [3.05, 3.63) is 16.1 Å². The second-order valence-electron chi connectivity index (χ2n) is 4.35. The second-order valence-corrected chi connectivity index (χ2v) is 5.24. The van der Waals surface area contributed by atoms with Crippen LogP contribution in [0, 0.1) is 0 Å². The Kier molecular flexibility index (Phi) is 3.63. The van der Waals surface area contributed by atoms with Crippen molar-refractivity contribution in [2.75, 3.05) is 6.54 Å². The molecule has 1 aromatic heterocycles. The van der Waals surface area contributed by atoms with Crippen LogP contribution in [0.15, 0.2) is 5.38 Å². The van der Waals surface area contributed by atoms with E-state index >= 15 is 0 Å². The molecule has 18 heavy (non-hydrogen) atoms. The quantitative estimate of drug-likeness (QED) is 0.848. The van der Waals surface area contributed by atoms with E-state index in [4.69, 9.17) is 10.8 Å². The Hall–Kier alpha value is -1.47. The standard InChI is InChI=1S/C11H15N3O3S/c1-6(12)9-13-7(5-18-9)10(15)14-4-2-3-8(14)11(16)17/h5-6,8H,2-4,12H2,1H3,(H,16,17). The molecule has 1 fully saturated rings. The van der Waals surface area contributed by atoms with Crippen LogP contribution in [-0.4, -0.2) is 39.5 Å². The summed E-state index contributed by atoms with van der Waals surface area (Å²) in [5.41, 5.74) is 5.98. The number of rotatable bonds is 3. The van der Waals surface area contributed by atoms with Crippen LogP contribution in [0.2, 0.25) is 0 Å². The lowest BCUT2D eigenvalue weighted by Crippen LogP contribution is -2.40. The Labute approximate surface area is 108 Å². The highest BCUT2D eigenvalue weighted by Crippen LogP contribution is 2.22. The molecular weight excluding hydrogens is 254 g/mol. The van der Waals surface area contributed by atoms with E-state index in [0.29, 0.717) is 30.1 Å². The van der Waals surface area contributed by atoms with Crippen LogP contribution in [-0.2, 0) is 4.79 Å². The van der Waals surface area contributed by atoms with Crippen LogP contribution < -0.4 is 5.73 Å². The average Bonchev–Trinajstić information content (AvgIpc) is 2.97. The van der Waals surface area contributed by atoms with Gasteiger partial charge >= 0.3 is 5.97 Å². The van der Waals surface area contributed by atoms with Gasteiger partial charge in [-0.05, 0) is 19.8 Å². The van der Waals surface area contributed by atoms with Crippen LogP contribution in [0.4, 0.5) is 0 Å². The van der Waals surface area contributed by atoms with E-state index in [0.717, 1.165) is 0 Å². The number of aromatic nitrogens is 1. The summed E-state index contributed by atoms with van der Waals surface area (Å²) in [5.74, 6) is -1.27. The molecule has 6 nitrogen and oxygen atoms in total. The van der Waals surface area contributed by atoms with E-state index in [9.17, 15) is 9.59 Å². The number of thiazole rings is 1. The summed E-state index contributed by atoms with van der Waals surface area (Å²) >= 11 is 1.32. The van der Waals surface area contributed by atoms with Gasteiger partial charge < -0.3 is 15.7 Å². The minimum atomic E-state index is -0.955. The summed E-state index contributed by atoms with van der Waals surface area (Å²) < 4.78 is 0. The van der Waals surface area contributed by atoms with E-state index in [1.165, 1.54) is 16.2 Å². The predicted molar refractivity (Wildman–Crippen MR) is 66.4 cm³/mol. The van der Waals surface area contributed by atoms with Gasteiger partial charge in [0.2, 0.25) is 0 Å². The summed E-state index contributed by atoms with van der Waals surface area (Å²) in [6.07, 6.45) is 1.22. The summed E-state index contributed by atoms with van der Waals surface area (Å²) in [6, 6.07) is -0.941. The number of carbonyl (C=O) groups is 2. The van der Waals surface area contributed by atoms with Crippen LogP contribution in [0.25, 0.3) is 0 Å². The second kappa shape index (κ2) is 5.03. The number of nitrogens with two attached hydrogens (primary N) is 1. The smallest absolute Gasteiger partial charge is 0.326 e. The van der Waals surface area contributed by atoms with Gasteiger partial charge in [-0.3, -0.25) is 4.79 Å². The summed E-state index contributed by atoms with van der Waals surface area (Å²) in [4.78, 5) is 28.7. The third-order valence-corrected chi connectivity index (χ3v) is 3.97. The molecule has 2 heterocycles. The first-order chi connectivity index (χ1) is 8.50. The summed E-state index contributed by atoms with van der Waals surface area (Å²) in [7, 11) is 0. The fourth-order valence-electron chi connectivity index (χ4n) is 2.01. The van der Waals surface area contributed by atoms with E-state index in [1.54, 1.807) is 12.3 Å². The van der Waals surface area contributed by atoms with Crippen LogP contribution in [0.5, 0.6) is 0 Å². The van der Waals surface area contributed by atoms with E-state index in [2.05, 4.69) is 4.98 Å². The predicted octanol–water partition coefficient (Wildman–Crippen LogP) is 0.852. The summed E-state index contributed by atoms with van der Waals surface area (Å²) in [5, 5.41) is 11.4. The maximum Gasteiger partial charge on any atom is 0.326 e. The molecule has 0 aliphatic carbocycles. The molecule has 1 saturated heterocycles. The maximum absolute atomic E-state index is 12.2.